The molecule has 0 bridgehead atoms. The molecule has 1 amide bonds. The lowest BCUT2D eigenvalue weighted by Gasteiger charge is -2.29. The van der Waals surface area contributed by atoms with Crippen LogP contribution in [0.25, 0.3) is 0 Å². The minimum atomic E-state index is 0.0320. The number of aryl methyl sites for hydroxylation is 2. The number of nitrogens with zero attached hydrogens (tertiary/aromatic N) is 3. The van der Waals surface area contributed by atoms with Crippen molar-refractivity contribution < 1.29 is 19.0 Å². The summed E-state index contributed by atoms with van der Waals surface area (Å²) >= 11 is 0. The summed E-state index contributed by atoms with van der Waals surface area (Å²) < 4.78 is 19.1. The van der Waals surface area contributed by atoms with Gasteiger partial charge in [0.25, 0.3) is 0 Å². The summed E-state index contributed by atoms with van der Waals surface area (Å²) in [4.78, 5) is 12.5. The summed E-state index contributed by atoms with van der Waals surface area (Å²) in [6.45, 7) is 18.8. The minimum Gasteiger partial charge on any atom is -0.379 e. The van der Waals surface area contributed by atoms with E-state index in [9.17, 15) is 4.79 Å². The summed E-state index contributed by atoms with van der Waals surface area (Å²) in [7, 11) is 0. The highest BCUT2D eigenvalue weighted by atomic mass is 16.5. The van der Waals surface area contributed by atoms with Gasteiger partial charge in [0.15, 0.2) is 0 Å². The molecule has 0 spiro atoms. The topological polar surface area (TPSA) is 87.5 Å². The van der Waals surface area contributed by atoms with Gasteiger partial charge in [-0.15, -0.1) is 5.10 Å². The lowest BCUT2D eigenvalue weighted by atomic mass is 9.76. The molecule has 0 saturated heterocycles. The summed E-state index contributed by atoms with van der Waals surface area (Å²) in [6.07, 6.45) is 17.7. The van der Waals surface area contributed by atoms with Crippen LogP contribution in [0.5, 0.6) is 0 Å². The predicted molar refractivity (Wildman–Crippen MR) is 182 cm³/mol. The third-order valence-electron chi connectivity index (χ3n) is 10.7. The van der Waals surface area contributed by atoms with Gasteiger partial charge in [-0.1, -0.05) is 72.4 Å². The number of hydrogen-bond donors (Lipinski definition) is 1. The van der Waals surface area contributed by atoms with Crippen LogP contribution in [0, 0.1) is 28.6 Å². The number of aromatic nitrogens is 3. The second-order valence-corrected chi connectivity index (χ2v) is 14.8. The largest absolute Gasteiger partial charge is 0.379 e. The zero-order valence-corrected chi connectivity index (χ0v) is 30.0. The van der Waals surface area contributed by atoms with E-state index in [2.05, 4.69) is 57.2 Å². The molecule has 1 saturated carbocycles. The second-order valence-electron chi connectivity index (χ2n) is 14.8. The number of fused-ring (bicyclic) bond motifs is 2. The van der Waals surface area contributed by atoms with E-state index in [0.717, 1.165) is 49.3 Å². The first-order valence-corrected chi connectivity index (χ1v) is 18.7. The average molecular weight is 633 g/mol. The Kier molecular flexibility index (Phi) is 16.9. The van der Waals surface area contributed by atoms with Gasteiger partial charge in [0.05, 0.1) is 51.0 Å². The molecule has 0 radical (unpaired) electrons. The van der Waals surface area contributed by atoms with Crippen molar-refractivity contribution in [2.75, 3.05) is 46.2 Å². The van der Waals surface area contributed by atoms with Crippen molar-refractivity contribution in [3.63, 3.8) is 0 Å². The first kappa shape index (κ1) is 37.9. The van der Waals surface area contributed by atoms with E-state index in [1.165, 1.54) is 76.3 Å². The van der Waals surface area contributed by atoms with Crippen molar-refractivity contribution >= 4 is 5.91 Å². The summed E-state index contributed by atoms with van der Waals surface area (Å²) in [5.41, 5.74) is 3.33. The van der Waals surface area contributed by atoms with Crippen LogP contribution in [0.2, 0.25) is 0 Å². The van der Waals surface area contributed by atoms with E-state index in [4.69, 9.17) is 14.2 Å². The molecular weight excluding hydrogens is 564 g/mol. The fourth-order valence-corrected chi connectivity index (χ4v) is 8.41. The lowest BCUT2D eigenvalue weighted by molar-refractivity contribution is -0.121. The predicted octanol–water partition coefficient (Wildman–Crippen LogP) is 7.57. The Labute approximate surface area is 275 Å². The highest BCUT2D eigenvalue weighted by Gasteiger charge is 2.51. The molecule has 8 nitrogen and oxygen atoms in total. The standard InChI is InChI=1S/C37H68N4O4/c1-7-16-36(5,17-8-2)20-23-43-25-27-45-28-26-44-24-21-38-35(42)15-22-41-34-14-12-31-30(11-13-33(34)39-40-41)32(31)29-37(6,18-9-3)19-10-4/h30-32H,7-29H2,1-6H3,(H,38,42). The molecule has 3 atom stereocenters. The van der Waals surface area contributed by atoms with Gasteiger partial charge in [0.1, 0.15) is 0 Å². The average Bonchev–Trinajstić information content (AvgIpc) is 3.46. The van der Waals surface area contributed by atoms with E-state index >= 15 is 0 Å². The number of rotatable bonds is 25. The Morgan fingerprint density at radius 3 is 1.96 bits per heavy atom. The van der Waals surface area contributed by atoms with E-state index in [1.54, 1.807) is 0 Å². The monoisotopic (exact) mass is 633 g/mol. The Morgan fingerprint density at radius 1 is 0.778 bits per heavy atom. The molecule has 3 unspecified atom stereocenters. The number of hydrogen-bond acceptors (Lipinski definition) is 6. The Hall–Kier alpha value is -1.51. The van der Waals surface area contributed by atoms with Crippen molar-refractivity contribution in [1.29, 1.82) is 0 Å². The fourth-order valence-electron chi connectivity index (χ4n) is 8.41. The molecule has 0 aromatic carbocycles. The summed E-state index contributed by atoms with van der Waals surface area (Å²) in [6, 6.07) is 0. The third kappa shape index (κ3) is 12.9. The molecule has 45 heavy (non-hydrogen) atoms. The highest BCUT2D eigenvalue weighted by Crippen LogP contribution is 2.58. The number of nitrogens with one attached hydrogen (secondary N) is 1. The quantitative estimate of drug-likeness (QED) is 0.112. The maximum Gasteiger partial charge on any atom is 0.221 e. The molecule has 2 aliphatic carbocycles. The van der Waals surface area contributed by atoms with Crippen LogP contribution in [0.15, 0.2) is 0 Å². The van der Waals surface area contributed by atoms with Crippen LogP contribution in [0.1, 0.15) is 136 Å². The molecule has 3 rings (SSSR count). The van der Waals surface area contributed by atoms with Crippen molar-refractivity contribution in [1.82, 2.24) is 20.3 Å². The molecule has 1 aromatic heterocycles. The lowest BCUT2D eigenvalue weighted by Crippen LogP contribution is -2.28. The first-order valence-electron chi connectivity index (χ1n) is 18.7. The Bertz CT molecular complexity index is 954. The van der Waals surface area contributed by atoms with Gasteiger partial charge in [0, 0.05) is 19.6 Å². The molecule has 8 heteroatoms. The van der Waals surface area contributed by atoms with E-state index in [0.29, 0.717) is 63.4 Å². The Morgan fingerprint density at radius 2 is 1.33 bits per heavy atom. The van der Waals surface area contributed by atoms with E-state index < -0.39 is 0 Å². The van der Waals surface area contributed by atoms with Crippen molar-refractivity contribution in [3.8, 4) is 0 Å². The van der Waals surface area contributed by atoms with Gasteiger partial charge >= 0.3 is 0 Å². The van der Waals surface area contributed by atoms with Gasteiger partial charge in [-0.3, -0.25) is 4.79 Å². The molecule has 1 N–H and O–H groups in total. The van der Waals surface area contributed by atoms with Crippen molar-refractivity contribution in [3.05, 3.63) is 11.4 Å². The van der Waals surface area contributed by atoms with Crippen LogP contribution in [0.4, 0.5) is 0 Å². The smallest absolute Gasteiger partial charge is 0.221 e. The Balaban J connectivity index is 1.22. The van der Waals surface area contributed by atoms with E-state index in [1.807, 2.05) is 4.68 Å². The summed E-state index contributed by atoms with van der Waals surface area (Å²) in [5, 5.41) is 12.0. The number of carbonyl (C=O) groups is 1. The van der Waals surface area contributed by atoms with E-state index in [-0.39, 0.29) is 5.91 Å². The van der Waals surface area contributed by atoms with Crippen molar-refractivity contribution in [2.45, 2.75) is 144 Å². The maximum atomic E-state index is 12.5. The highest BCUT2D eigenvalue weighted by molar-refractivity contribution is 5.75. The SMILES string of the molecule is CCCC(C)(CCC)CCOCCOCCOCCNC(=O)CCn1nnc2c1CCC1C(CC2)C1CC(C)(CCC)CCC. The maximum absolute atomic E-state index is 12.5. The van der Waals surface area contributed by atoms with Gasteiger partial charge in [-0.05, 0) is 92.8 Å². The second kappa shape index (κ2) is 20.0. The minimum absolute atomic E-state index is 0.0320. The normalized spacial score (nSPS) is 19.9. The van der Waals surface area contributed by atoms with Crippen LogP contribution in [-0.4, -0.2) is 67.1 Å². The van der Waals surface area contributed by atoms with Crippen LogP contribution in [-0.2, 0) is 38.4 Å². The van der Waals surface area contributed by atoms with Crippen LogP contribution in [0.3, 0.4) is 0 Å². The fraction of sp³-hybridized carbons (Fsp3) is 0.919. The first-order chi connectivity index (χ1) is 21.8. The number of amides is 1. The van der Waals surface area contributed by atoms with Gasteiger partial charge < -0.3 is 19.5 Å². The van der Waals surface area contributed by atoms with Crippen LogP contribution < -0.4 is 5.32 Å². The molecule has 2 aliphatic rings. The summed E-state index contributed by atoms with van der Waals surface area (Å²) in [5.74, 6) is 2.65. The third-order valence-corrected chi connectivity index (χ3v) is 10.7. The van der Waals surface area contributed by atoms with Crippen LogP contribution >= 0.6 is 0 Å². The zero-order valence-electron chi connectivity index (χ0n) is 30.0. The molecular formula is C37H68N4O4. The zero-order chi connectivity index (χ0) is 32.5. The van der Waals surface area contributed by atoms with Crippen molar-refractivity contribution in [2.24, 2.45) is 28.6 Å². The number of carbonyl (C=O) groups excluding carboxylic acids is 1. The molecule has 1 fully saturated rings. The molecule has 1 heterocycles. The molecule has 260 valence electrons. The molecule has 0 aliphatic heterocycles. The van der Waals surface area contributed by atoms with Gasteiger partial charge in [-0.2, -0.15) is 0 Å². The molecule has 1 aromatic rings. The van der Waals surface area contributed by atoms with Gasteiger partial charge in [0.2, 0.25) is 5.91 Å². The number of ether oxygens (including phenoxy) is 3. The van der Waals surface area contributed by atoms with Gasteiger partial charge in [-0.25, -0.2) is 4.68 Å².